The van der Waals surface area contributed by atoms with E-state index >= 15 is 0 Å². The second-order valence-corrected chi connectivity index (χ2v) is 7.43. The molecule has 0 aliphatic carbocycles. The van der Waals surface area contributed by atoms with E-state index in [1.807, 2.05) is 55.7 Å². The van der Waals surface area contributed by atoms with E-state index in [1.165, 1.54) is 0 Å². The highest BCUT2D eigenvalue weighted by atomic mass is 15.2. The Labute approximate surface area is 171 Å². The Kier molecular flexibility index (Phi) is 3.43. The number of nitrogens with zero attached hydrogens (tertiary/aromatic N) is 6. The summed E-state index contributed by atoms with van der Waals surface area (Å²) in [6.45, 7) is 1.99. The molecule has 0 spiro atoms. The van der Waals surface area contributed by atoms with Crippen molar-refractivity contribution in [1.82, 2.24) is 39.5 Å². The molecule has 0 unspecified atom stereocenters. The molecule has 5 heterocycles. The number of hydrogen-bond acceptors (Lipinski definition) is 4. The van der Waals surface area contributed by atoms with E-state index in [0.717, 1.165) is 55.8 Å². The quantitative estimate of drug-likeness (QED) is 0.474. The maximum Gasteiger partial charge on any atom is 0.116 e. The van der Waals surface area contributed by atoms with Crippen LogP contribution in [0.4, 0.5) is 0 Å². The molecule has 0 aliphatic rings. The van der Waals surface area contributed by atoms with E-state index in [2.05, 4.69) is 54.5 Å². The van der Waals surface area contributed by atoms with E-state index in [4.69, 9.17) is 0 Å². The van der Waals surface area contributed by atoms with Gasteiger partial charge in [-0.15, -0.1) is 0 Å². The minimum atomic E-state index is 0.863. The molecule has 146 valence electrons. The summed E-state index contributed by atoms with van der Waals surface area (Å²) in [5.74, 6) is 0. The highest BCUT2D eigenvalue weighted by Gasteiger charge is 2.15. The van der Waals surface area contributed by atoms with Crippen LogP contribution in [0.1, 0.15) is 5.69 Å². The Balaban J connectivity index is 1.52. The predicted octanol–water partition coefficient (Wildman–Crippen LogP) is 4.00. The van der Waals surface area contributed by atoms with Crippen molar-refractivity contribution in [3.05, 3.63) is 67.1 Å². The highest BCUT2D eigenvalue weighted by Crippen LogP contribution is 2.32. The first-order valence-corrected chi connectivity index (χ1v) is 9.62. The van der Waals surface area contributed by atoms with Crippen LogP contribution in [-0.4, -0.2) is 39.5 Å². The molecule has 0 bridgehead atoms. The van der Waals surface area contributed by atoms with E-state index in [9.17, 15) is 0 Å². The van der Waals surface area contributed by atoms with Gasteiger partial charge >= 0.3 is 0 Å². The zero-order valence-corrected chi connectivity index (χ0v) is 16.5. The van der Waals surface area contributed by atoms with Gasteiger partial charge in [0.2, 0.25) is 0 Å². The Bertz CT molecular complexity index is 1530. The number of hydrogen-bond donors (Lipinski definition) is 2. The average Bonchev–Trinajstić information content (AvgIpc) is 3.52. The van der Waals surface area contributed by atoms with Crippen LogP contribution in [0.2, 0.25) is 0 Å². The van der Waals surface area contributed by atoms with Gasteiger partial charge < -0.3 is 9.55 Å². The summed E-state index contributed by atoms with van der Waals surface area (Å²) in [5, 5.41) is 14.0. The fourth-order valence-corrected chi connectivity index (χ4v) is 3.88. The Morgan fingerprint density at radius 1 is 0.967 bits per heavy atom. The van der Waals surface area contributed by atoms with Gasteiger partial charge in [0.25, 0.3) is 0 Å². The summed E-state index contributed by atoms with van der Waals surface area (Å²) in [4.78, 5) is 12.4. The van der Waals surface area contributed by atoms with Crippen molar-refractivity contribution in [2.75, 3.05) is 0 Å². The summed E-state index contributed by atoms with van der Waals surface area (Å²) < 4.78 is 3.82. The van der Waals surface area contributed by atoms with Crippen LogP contribution >= 0.6 is 0 Å². The second-order valence-electron chi connectivity index (χ2n) is 7.43. The SMILES string of the molecule is Cc1cn(-c2cccc3[nH]c(-c4n[nH]c5cnc(-c6cnn(C)c6)cc45)cc23)cn1. The Morgan fingerprint density at radius 2 is 1.90 bits per heavy atom. The lowest BCUT2D eigenvalue weighted by Gasteiger charge is -2.03. The van der Waals surface area contributed by atoms with E-state index in [0.29, 0.717) is 0 Å². The Morgan fingerprint density at radius 3 is 2.70 bits per heavy atom. The fourth-order valence-electron chi connectivity index (χ4n) is 3.88. The highest BCUT2D eigenvalue weighted by molar-refractivity contribution is 5.98. The van der Waals surface area contributed by atoms with Crippen molar-refractivity contribution in [1.29, 1.82) is 0 Å². The lowest BCUT2D eigenvalue weighted by atomic mass is 10.1. The number of rotatable bonds is 3. The van der Waals surface area contributed by atoms with Gasteiger partial charge in [0, 0.05) is 41.3 Å². The van der Waals surface area contributed by atoms with Crippen LogP contribution in [0, 0.1) is 6.92 Å². The van der Waals surface area contributed by atoms with Crippen molar-refractivity contribution in [2.24, 2.45) is 7.05 Å². The topological polar surface area (TPSA) is 93.0 Å². The van der Waals surface area contributed by atoms with Crippen LogP contribution in [0.25, 0.3) is 50.1 Å². The summed E-state index contributed by atoms with van der Waals surface area (Å²) >= 11 is 0. The number of pyridine rings is 1. The van der Waals surface area contributed by atoms with Crippen molar-refractivity contribution in [2.45, 2.75) is 6.92 Å². The summed E-state index contributed by atoms with van der Waals surface area (Å²) in [6.07, 6.45) is 9.45. The van der Waals surface area contributed by atoms with Gasteiger partial charge in [-0.2, -0.15) is 10.2 Å². The van der Waals surface area contributed by atoms with E-state index < -0.39 is 0 Å². The molecular weight excluding hydrogens is 376 g/mol. The van der Waals surface area contributed by atoms with Crippen molar-refractivity contribution in [3.63, 3.8) is 0 Å². The van der Waals surface area contributed by atoms with Crippen molar-refractivity contribution < 1.29 is 0 Å². The molecule has 30 heavy (non-hydrogen) atoms. The summed E-state index contributed by atoms with van der Waals surface area (Å²) in [5.41, 5.74) is 7.65. The van der Waals surface area contributed by atoms with Gasteiger partial charge in [-0.25, -0.2) is 4.98 Å². The first-order valence-electron chi connectivity index (χ1n) is 9.62. The number of aromatic nitrogens is 8. The van der Waals surface area contributed by atoms with Gasteiger partial charge in [0.15, 0.2) is 0 Å². The number of fused-ring (bicyclic) bond motifs is 2. The lowest BCUT2D eigenvalue weighted by molar-refractivity contribution is 0.768. The molecule has 1 aromatic carbocycles. The molecule has 8 heteroatoms. The number of H-pyrrole nitrogens is 2. The molecule has 0 radical (unpaired) electrons. The third-order valence-corrected chi connectivity index (χ3v) is 5.33. The zero-order chi connectivity index (χ0) is 20.2. The van der Waals surface area contributed by atoms with Gasteiger partial charge in [0.05, 0.1) is 47.0 Å². The lowest BCUT2D eigenvalue weighted by Crippen LogP contribution is -1.89. The number of aromatic amines is 2. The molecule has 0 fully saturated rings. The molecule has 6 rings (SSSR count). The number of imidazole rings is 1. The van der Waals surface area contributed by atoms with Crippen LogP contribution in [0.3, 0.4) is 0 Å². The first-order chi connectivity index (χ1) is 14.7. The van der Waals surface area contributed by atoms with Crippen molar-refractivity contribution >= 4 is 21.8 Å². The standard InChI is InChI=1S/C22H18N8/c1-13-10-30(12-24-13)21-5-3-4-17-15(21)6-19(26-17)22-16-7-18(14-8-25-29(2)11-14)23-9-20(16)27-28-22/h3-12,26H,1-2H3,(H,27,28). The Hall–Kier alpha value is -4.20. The molecule has 0 saturated heterocycles. The molecule has 5 aromatic heterocycles. The van der Waals surface area contributed by atoms with Crippen LogP contribution in [-0.2, 0) is 7.05 Å². The molecule has 6 aromatic rings. The summed E-state index contributed by atoms with van der Waals surface area (Å²) in [7, 11) is 1.90. The minimum Gasteiger partial charge on any atom is -0.353 e. The maximum atomic E-state index is 4.57. The monoisotopic (exact) mass is 394 g/mol. The largest absolute Gasteiger partial charge is 0.353 e. The zero-order valence-electron chi connectivity index (χ0n) is 16.5. The molecular formula is C22H18N8. The molecule has 0 saturated carbocycles. The predicted molar refractivity (Wildman–Crippen MR) is 115 cm³/mol. The van der Waals surface area contributed by atoms with Gasteiger partial charge in [-0.1, -0.05) is 6.07 Å². The number of nitrogens with one attached hydrogen (secondary N) is 2. The van der Waals surface area contributed by atoms with Crippen LogP contribution in [0.5, 0.6) is 0 Å². The number of aryl methyl sites for hydroxylation is 2. The fraction of sp³-hybridized carbons (Fsp3) is 0.0909. The minimum absolute atomic E-state index is 0.863. The van der Waals surface area contributed by atoms with E-state index in [-0.39, 0.29) is 0 Å². The average molecular weight is 394 g/mol. The van der Waals surface area contributed by atoms with Crippen LogP contribution < -0.4 is 0 Å². The second kappa shape index (κ2) is 6.15. The molecule has 0 aliphatic heterocycles. The molecule has 0 amide bonds. The first kappa shape index (κ1) is 16.7. The molecule has 8 nitrogen and oxygen atoms in total. The normalized spacial score (nSPS) is 11.7. The smallest absolute Gasteiger partial charge is 0.116 e. The van der Waals surface area contributed by atoms with Crippen molar-refractivity contribution in [3.8, 4) is 28.3 Å². The third-order valence-electron chi connectivity index (χ3n) is 5.33. The van der Waals surface area contributed by atoms with E-state index in [1.54, 1.807) is 4.68 Å². The van der Waals surface area contributed by atoms with Gasteiger partial charge in [-0.05, 0) is 31.2 Å². The van der Waals surface area contributed by atoms with Gasteiger partial charge in [-0.3, -0.25) is 14.8 Å². The maximum absolute atomic E-state index is 4.57. The van der Waals surface area contributed by atoms with Crippen LogP contribution in [0.15, 0.2) is 61.4 Å². The molecule has 0 atom stereocenters. The summed E-state index contributed by atoms with van der Waals surface area (Å²) in [6, 6.07) is 10.4. The third kappa shape index (κ3) is 2.54. The van der Waals surface area contributed by atoms with Gasteiger partial charge in [0.1, 0.15) is 5.69 Å². The molecule has 2 N–H and O–H groups in total. The number of benzene rings is 1.